The highest BCUT2D eigenvalue weighted by Gasteiger charge is 2.14. The average molecular weight is 393 g/mol. The number of hydrogen-bond donors (Lipinski definition) is 1. The molecule has 1 N–H and O–H groups in total. The maximum Gasteiger partial charge on any atom is 0.226 e. The molecule has 0 atom stereocenters. The summed E-state index contributed by atoms with van der Waals surface area (Å²) < 4.78 is 0. The lowest BCUT2D eigenvalue weighted by Crippen LogP contribution is -2.25. The van der Waals surface area contributed by atoms with Crippen LogP contribution in [0.15, 0.2) is 48.0 Å². The Morgan fingerprint density at radius 2 is 2.07 bits per heavy atom. The number of anilines is 1. The molecular formula is C22H24N4OS. The topological polar surface area (TPSA) is 58.1 Å². The van der Waals surface area contributed by atoms with Crippen LogP contribution in [0.2, 0.25) is 0 Å². The van der Waals surface area contributed by atoms with Gasteiger partial charge in [-0.25, -0.2) is 9.97 Å². The van der Waals surface area contributed by atoms with Gasteiger partial charge >= 0.3 is 0 Å². The molecule has 1 aromatic carbocycles. The second-order valence-corrected chi connectivity index (χ2v) is 8.04. The standard InChI is InChI=1S/C22H24N4OS/c1-16-5-4-6-18(11-16)22-25-19(15-28-22)13-21(27)24-14-17-7-8-23-20(12-17)26-9-2-3-10-26/h4-8,11-12,15H,2-3,9-10,13-14H2,1H3,(H,24,27). The maximum absolute atomic E-state index is 12.4. The zero-order valence-electron chi connectivity index (χ0n) is 16.0. The third kappa shape index (κ3) is 4.57. The molecule has 0 saturated carbocycles. The summed E-state index contributed by atoms with van der Waals surface area (Å²) >= 11 is 1.58. The molecule has 144 valence electrons. The Bertz CT molecular complexity index is 962. The van der Waals surface area contributed by atoms with E-state index in [9.17, 15) is 4.79 Å². The van der Waals surface area contributed by atoms with Gasteiger partial charge in [-0.2, -0.15) is 0 Å². The van der Waals surface area contributed by atoms with Crippen molar-refractivity contribution in [2.75, 3.05) is 18.0 Å². The summed E-state index contributed by atoms with van der Waals surface area (Å²) in [4.78, 5) is 23.7. The molecule has 0 bridgehead atoms. The van der Waals surface area contributed by atoms with Crippen LogP contribution in [0.5, 0.6) is 0 Å². The Morgan fingerprint density at radius 1 is 1.21 bits per heavy atom. The smallest absolute Gasteiger partial charge is 0.226 e. The van der Waals surface area contributed by atoms with Gasteiger partial charge in [0.25, 0.3) is 0 Å². The molecule has 6 heteroatoms. The van der Waals surface area contributed by atoms with Crippen LogP contribution in [-0.4, -0.2) is 29.0 Å². The van der Waals surface area contributed by atoms with Crippen molar-refractivity contribution in [1.29, 1.82) is 0 Å². The third-order valence-corrected chi connectivity index (χ3v) is 5.83. The maximum atomic E-state index is 12.4. The number of aryl methyl sites for hydroxylation is 1. The van der Waals surface area contributed by atoms with Gasteiger partial charge in [-0.3, -0.25) is 4.79 Å². The van der Waals surface area contributed by atoms with Crippen LogP contribution in [0.3, 0.4) is 0 Å². The summed E-state index contributed by atoms with van der Waals surface area (Å²) in [5.41, 5.74) is 4.19. The molecule has 3 aromatic rings. The van der Waals surface area contributed by atoms with Crippen LogP contribution in [0.25, 0.3) is 10.6 Å². The van der Waals surface area contributed by atoms with Gasteiger partial charge in [-0.15, -0.1) is 11.3 Å². The van der Waals surface area contributed by atoms with Crippen LogP contribution in [0.4, 0.5) is 5.82 Å². The highest BCUT2D eigenvalue weighted by molar-refractivity contribution is 7.13. The second kappa shape index (κ2) is 8.52. The summed E-state index contributed by atoms with van der Waals surface area (Å²) in [6, 6.07) is 12.3. The van der Waals surface area contributed by atoms with Gasteiger partial charge in [0.15, 0.2) is 0 Å². The predicted molar refractivity (Wildman–Crippen MR) is 114 cm³/mol. The Kier molecular flexibility index (Phi) is 5.67. The van der Waals surface area contributed by atoms with Crippen LogP contribution in [-0.2, 0) is 17.8 Å². The van der Waals surface area contributed by atoms with E-state index in [0.29, 0.717) is 13.0 Å². The Morgan fingerprint density at radius 3 is 2.89 bits per heavy atom. The molecule has 4 rings (SSSR count). The fourth-order valence-electron chi connectivity index (χ4n) is 3.42. The molecule has 0 spiro atoms. The molecule has 28 heavy (non-hydrogen) atoms. The van der Waals surface area contributed by atoms with E-state index in [1.165, 1.54) is 18.4 Å². The van der Waals surface area contributed by atoms with Crippen LogP contribution in [0.1, 0.15) is 29.7 Å². The fraction of sp³-hybridized carbons (Fsp3) is 0.318. The van der Waals surface area contributed by atoms with Gasteiger partial charge < -0.3 is 10.2 Å². The number of nitrogens with one attached hydrogen (secondary N) is 1. The predicted octanol–water partition coefficient (Wildman–Crippen LogP) is 3.97. The van der Waals surface area contributed by atoms with Gasteiger partial charge in [0.1, 0.15) is 10.8 Å². The molecule has 1 amide bonds. The summed E-state index contributed by atoms with van der Waals surface area (Å²) in [5.74, 6) is 0.993. The third-order valence-electron chi connectivity index (χ3n) is 4.89. The quantitative estimate of drug-likeness (QED) is 0.690. The molecule has 1 aliphatic heterocycles. The van der Waals surface area contributed by atoms with E-state index in [2.05, 4.69) is 51.4 Å². The largest absolute Gasteiger partial charge is 0.357 e. The van der Waals surface area contributed by atoms with Gasteiger partial charge in [-0.1, -0.05) is 23.8 Å². The van der Waals surface area contributed by atoms with Crippen molar-refractivity contribution < 1.29 is 4.79 Å². The number of rotatable bonds is 6. The molecule has 5 nitrogen and oxygen atoms in total. The van der Waals surface area contributed by atoms with Crippen molar-refractivity contribution in [2.45, 2.75) is 32.7 Å². The number of carbonyl (C=O) groups excluding carboxylic acids is 1. The molecule has 2 aromatic heterocycles. The minimum absolute atomic E-state index is 0.0133. The number of nitrogens with zero attached hydrogens (tertiary/aromatic N) is 3. The molecule has 1 fully saturated rings. The van der Waals surface area contributed by atoms with E-state index in [1.54, 1.807) is 11.3 Å². The van der Waals surface area contributed by atoms with E-state index in [0.717, 1.165) is 40.7 Å². The van der Waals surface area contributed by atoms with Gasteiger partial charge in [0.2, 0.25) is 5.91 Å². The van der Waals surface area contributed by atoms with E-state index in [1.807, 2.05) is 23.7 Å². The van der Waals surface area contributed by atoms with E-state index in [4.69, 9.17) is 0 Å². The first kappa shape index (κ1) is 18.6. The normalized spacial score (nSPS) is 13.7. The first-order valence-corrected chi connectivity index (χ1v) is 10.5. The zero-order chi connectivity index (χ0) is 19.3. The highest BCUT2D eigenvalue weighted by Crippen LogP contribution is 2.24. The van der Waals surface area contributed by atoms with Crippen molar-refractivity contribution in [3.8, 4) is 10.6 Å². The SMILES string of the molecule is Cc1cccc(-c2nc(CC(=O)NCc3ccnc(N4CCCC4)c3)cs2)c1. The Hall–Kier alpha value is -2.73. The van der Waals surface area contributed by atoms with Gasteiger partial charge in [0, 0.05) is 36.8 Å². The lowest BCUT2D eigenvalue weighted by Gasteiger charge is -2.16. The van der Waals surface area contributed by atoms with Crippen molar-refractivity contribution in [2.24, 2.45) is 0 Å². The van der Waals surface area contributed by atoms with Gasteiger partial charge in [-0.05, 0) is 43.5 Å². The molecule has 0 aliphatic carbocycles. The molecule has 1 saturated heterocycles. The zero-order valence-corrected chi connectivity index (χ0v) is 16.8. The number of hydrogen-bond acceptors (Lipinski definition) is 5. The number of carbonyl (C=O) groups is 1. The van der Waals surface area contributed by atoms with Crippen molar-refractivity contribution in [3.63, 3.8) is 0 Å². The van der Waals surface area contributed by atoms with E-state index >= 15 is 0 Å². The summed E-state index contributed by atoms with van der Waals surface area (Å²) in [6.07, 6.45) is 4.57. The minimum atomic E-state index is -0.0133. The molecule has 3 heterocycles. The Labute approximate surface area is 169 Å². The highest BCUT2D eigenvalue weighted by atomic mass is 32.1. The summed E-state index contributed by atoms with van der Waals surface area (Å²) in [6.45, 7) is 4.71. The lowest BCUT2D eigenvalue weighted by atomic mass is 10.1. The fourth-order valence-corrected chi connectivity index (χ4v) is 4.23. The van der Waals surface area contributed by atoms with Crippen molar-refractivity contribution in [3.05, 3.63) is 64.8 Å². The second-order valence-electron chi connectivity index (χ2n) is 7.18. The lowest BCUT2D eigenvalue weighted by molar-refractivity contribution is -0.120. The van der Waals surface area contributed by atoms with Crippen molar-refractivity contribution >= 4 is 23.1 Å². The van der Waals surface area contributed by atoms with Gasteiger partial charge in [0.05, 0.1) is 12.1 Å². The first-order valence-electron chi connectivity index (χ1n) is 9.65. The molecule has 0 radical (unpaired) electrons. The average Bonchev–Trinajstić information content (AvgIpc) is 3.39. The number of thiazole rings is 1. The van der Waals surface area contributed by atoms with Crippen molar-refractivity contribution in [1.82, 2.24) is 15.3 Å². The number of amides is 1. The van der Waals surface area contributed by atoms with E-state index < -0.39 is 0 Å². The number of aromatic nitrogens is 2. The first-order chi connectivity index (χ1) is 13.7. The molecule has 0 unspecified atom stereocenters. The van der Waals surface area contributed by atoms with Crippen LogP contribution in [0, 0.1) is 6.92 Å². The van der Waals surface area contributed by atoms with Crippen LogP contribution < -0.4 is 10.2 Å². The summed E-state index contributed by atoms with van der Waals surface area (Å²) in [7, 11) is 0. The minimum Gasteiger partial charge on any atom is -0.357 e. The van der Waals surface area contributed by atoms with E-state index in [-0.39, 0.29) is 5.91 Å². The number of benzene rings is 1. The molecule has 1 aliphatic rings. The monoisotopic (exact) mass is 392 g/mol. The summed E-state index contributed by atoms with van der Waals surface area (Å²) in [5, 5.41) is 5.92. The Balaban J connectivity index is 1.33. The molecular weight excluding hydrogens is 368 g/mol. The van der Waals surface area contributed by atoms with Crippen LogP contribution >= 0.6 is 11.3 Å². The number of pyridine rings is 1.